The highest BCUT2D eigenvalue weighted by Crippen LogP contribution is 2.10. The van der Waals surface area contributed by atoms with E-state index in [-0.39, 0.29) is 0 Å². The van der Waals surface area contributed by atoms with Gasteiger partial charge >= 0.3 is 8.56 Å². The molecule has 3 heteroatoms. The van der Waals surface area contributed by atoms with Crippen LogP contribution in [0.2, 0.25) is 6.55 Å². The molecule has 0 saturated heterocycles. The Bertz CT molecular complexity index is 311. The largest absolute Gasteiger partial charge is 0.387 e. The third kappa shape index (κ3) is 1.95. The van der Waals surface area contributed by atoms with Crippen molar-refractivity contribution in [2.45, 2.75) is 6.55 Å². The van der Waals surface area contributed by atoms with E-state index >= 15 is 0 Å². The van der Waals surface area contributed by atoms with Gasteiger partial charge in [-0.05, 0) is 11.7 Å². The number of hydrogen-bond donors (Lipinski definition) is 0. The van der Waals surface area contributed by atoms with Gasteiger partial charge in [-0.25, -0.2) is 0 Å². The summed E-state index contributed by atoms with van der Waals surface area (Å²) in [5, 5.41) is 1.20. The maximum atomic E-state index is 5.81. The molecule has 14 heavy (non-hydrogen) atoms. The fourth-order valence-electron chi connectivity index (χ4n) is 1.50. The topological polar surface area (TPSA) is 18.5 Å². The van der Waals surface area contributed by atoms with E-state index in [1.807, 2.05) is 30.4 Å². The Hall–Kier alpha value is -0.903. The Morgan fingerprint density at radius 2 is 1.57 bits per heavy atom. The molecule has 0 aliphatic carbocycles. The molecule has 0 atom stereocenters. The van der Waals surface area contributed by atoms with Gasteiger partial charge in [0.1, 0.15) is 0 Å². The van der Waals surface area contributed by atoms with Gasteiger partial charge in [0.2, 0.25) is 0 Å². The molecule has 0 radical (unpaired) electrons. The fourth-order valence-corrected chi connectivity index (χ4v) is 3.54. The zero-order valence-electron chi connectivity index (χ0n) is 8.27. The summed E-state index contributed by atoms with van der Waals surface area (Å²) in [6, 6.07) is 10.2. The van der Waals surface area contributed by atoms with Gasteiger partial charge in [-0.3, -0.25) is 0 Å². The molecule has 0 aromatic heterocycles. The van der Waals surface area contributed by atoms with Crippen LogP contribution < -0.4 is 5.19 Å². The normalized spacial score (nSPS) is 20.4. The van der Waals surface area contributed by atoms with Crippen LogP contribution in [0.15, 0.2) is 42.5 Å². The van der Waals surface area contributed by atoms with Gasteiger partial charge in [-0.2, -0.15) is 0 Å². The number of hydrogen-bond acceptors (Lipinski definition) is 2. The SMILES string of the molecule is C[Si]1(c2ccccc2)OCC=CCO1. The zero-order valence-corrected chi connectivity index (χ0v) is 9.27. The minimum Gasteiger partial charge on any atom is -0.387 e. The van der Waals surface area contributed by atoms with E-state index in [0.717, 1.165) is 0 Å². The molecule has 0 fully saturated rings. The highest BCUT2D eigenvalue weighted by Gasteiger charge is 2.34. The molecule has 1 aromatic rings. The maximum Gasteiger partial charge on any atom is 0.369 e. The second kappa shape index (κ2) is 4.08. The van der Waals surface area contributed by atoms with E-state index in [4.69, 9.17) is 8.85 Å². The molecule has 0 bridgehead atoms. The Balaban J connectivity index is 2.23. The van der Waals surface area contributed by atoms with Crippen LogP contribution >= 0.6 is 0 Å². The molecule has 0 spiro atoms. The standard InChI is InChI=1S/C11H14O2Si/c1-14(11-7-3-2-4-8-11)12-9-5-6-10-13-14/h2-8H,9-10H2,1H3. The van der Waals surface area contributed by atoms with Crippen LogP contribution in [-0.4, -0.2) is 21.8 Å². The third-order valence-corrected chi connectivity index (χ3v) is 5.19. The summed E-state index contributed by atoms with van der Waals surface area (Å²) < 4.78 is 11.6. The molecular weight excluding hydrogens is 192 g/mol. The van der Waals surface area contributed by atoms with E-state index in [2.05, 4.69) is 18.7 Å². The van der Waals surface area contributed by atoms with Crippen LogP contribution in [0.3, 0.4) is 0 Å². The molecule has 1 heterocycles. The first-order valence-electron chi connectivity index (χ1n) is 4.80. The Morgan fingerprint density at radius 3 is 2.14 bits per heavy atom. The first-order valence-corrected chi connectivity index (χ1v) is 7.11. The first kappa shape index (κ1) is 9.64. The Morgan fingerprint density at radius 1 is 1.00 bits per heavy atom. The van der Waals surface area contributed by atoms with Crippen molar-refractivity contribution in [3.8, 4) is 0 Å². The Labute approximate surface area is 85.4 Å². The lowest BCUT2D eigenvalue weighted by molar-refractivity contribution is 0.231. The van der Waals surface area contributed by atoms with E-state index in [0.29, 0.717) is 13.2 Å². The molecule has 1 aromatic carbocycles. The van der Waals surface area contributed by atoms with Crippen molar-refractivity contribution < 1.29 is 8.85 Å². The van der Waals surface area contributed by atoms with Crippen molar-refractivity contribution in [2.24, 2.45) is 0 Å². The van der Waals surface area contributed by atoms with Gasteiger partial charge in [-0.1, -0.05) is 42.5 Å². The van der Waals surface area contributed by atoms with Gasteiger partial charge in [0.25, 0.3) is 0 Å². The summed E-state index contributed by atoms with van der Waals surface area (Å²) in [6.45, 7) is 3.42. The predicted octanol–water partition coefficient (Wildman–Crippen LogP) is 1.57. The minimum absolute atomic E-state index is 0.664. The lowest BCUT2D eigenvalue weighted by Crippen LogP contribution is -2.50. The average Bonchev–Trinajstić information content (AvgIpc) is 2.46. The zero-order chi connectivity index (χ0) is 9.86. The molecule has 1 aliphatic rings. The number of benzene rings is 1. The van der Waals surface area contributed by atoms with Crippen molar-refractivity contribution in [3.05, 3.63) is 42.5 Å². The lowest BCUT2D eigenvalue weighted by atomic mass is 10.4. The van der Waals surface area contributed by atoms with Crippen LogP contribution in [0, 0.1) is 0 Å². The van der Waals surface area contributed by atoms with E-state index in [9.17, 15) is 0 Å². The summed E-state index contributed by atoms with van der Waals surface area (Å²) in [4.78, 5) is 0. The van der Waals surface area contributed by atoms with Crippen LogP contribution in [0.4, 0.5) is 0 Å². The highest BCUT2D eigenvalue weighted by atomic mass is 28.4. The van der Waals surface area contributed by atoms with Gasteiger partial charge in [0.15, 0.2) is 0 Å². The van der Waals surface area contributed by atoms with Gasteiger partial charge in [0.05, 0.1) is 13.2 Å². The predicted molar refractivity (Wildman–Crippen MR) is 58.7 cm³/mol. The Kier molecular flexibility index (Phi) is 2.81. The van der Waals surface area contributed by atoms with Crippen LogP contribution in [0.5, 0.6) is 0 Å². The molecule has 74 valence electrons. The highest BCUT2D eigenvalue weighted by molar-refractivity contribution is 6.80. The van der Waals surface area contributed by atoms with E-state index in [1.165, 1.54) is 5.19 Å². The molecule has 1 aliphatic heterocycles. The summed E-state index contributed by atoms with van der Waals surface area (Å²) in [5.74, 6) is 0. The van der Waals surface area contributed by atoms with Crippen molar-refractivity contribution in [2.75, 3.05) is 13.2 Å². The monoisotopic (exact) mass is 206 g/mol. The quantitative estimate of drug-likeness (QED) is 0.513. The van der Waals surface area contributed by atoms with Crippen molar-refractivity contribution >= 4 is 13.7 Å². The molecule has 0 N–H and O–H groups in total. The molecule has 0 saturated carbocycles. The van der Waals surface area contributed by atoms with Crippen LogP contribution in [-0.2, 0) is 8.85 Å². The van der Waals surface area contributed by atoms with Crippen LogP contribution in [0.1, 0.15) is 0 Å². The molecule has 2 nitrogen and oxygen atoms in total. The lowest BCUT2D eigenvalue weighted by Gasteiger charge is -2.24. The summed E-state index contributed by atoms with van der Waals surface area (Å²) in [5.41, 5.74) is 0. The summed E-state index contributed by atoms with van der Waals surface area (Å²) >= 11 is 0. The fraction of sp³-hybridized carbons (Fsp3) is 0.273. The van der Waals surface area contributed by atoms with Gasteiger partial charge in [-0.15, -0.1) is 0 Å². The summed E-state index contributed by atoms with van der Waals surface area (Å²) in [6.07, 6.45) is 4.03. The van der Waals surface area contributed by atoms with E-state index < -0.39 is 8.56 Å². The van der Waals surface area contributed by atoms with E-state index in [1.54, 1.807) is 0 Å². The minimum atomic E-state index is -2.13. The number of rotatable bonds is 1. The molecule has 0 amide bonds. The maximum absolute atomic E-state index is 5.81. The third-order valence-electron chi connectivity index (χ3n) is 2.37. The first-order chi connectivity index (χ1) is 6.81. The average molecular weight is 206 g/mol. The van der Waals surface area contributed by atoms with Crippen molar-refractivity contribution in [3.63, 3.8) is 0 Å². The smallest absolute Gasteiger partial charge is 0.369 e. The van der Waals surface area contributed by atoms with Crippen LogP contribution in [0.25, 0.3) is 0 Å². The van der Waals surface area contributed by atoms with Gasteiger partial charge in [0, 0.05) is 0 Å². The van der Waals surface area contributed by atoms with Crippen molar-refractivity contribution in [1.82, 2.24) is 0 Å². The molecular formula is C11H14O2Si. The second-order valence-corrected chi connectivity index (χ2v) is 6.45. The van der Waals surface area contributed by atoms with Crippen molar-refractivity contribution in [1.29, 1.82) is 0 Å². The molecule has 0 unspecified atom stereocenters. The molecule has 2 rings (SSSR count). The van der Waals surface area contributed by atoms with Gasteiger partial charge < -0.3 is 8.85 Å². The summed E-state index contributed by atoms with van der Waals surface area (Å²) in [7, 11) is -2.13. The second-order valence-electron chi connectivity index (χ2n) is 3.41.